The molecule has 0 radical (unpaired) electrons. The molecule has 0 aliphatic carbocycles. The van der Waals surface area contributed by atoms with Crippen molar-refractivity contribution in [1.29, 1.82) is 0 Å². The van der Waals surface area contributed by atoms with Crippen LogP contribution >= 0.6 is 11.3 Å². The quantitative estimate of drug-likeness (QED) is 0.918. The molecule has 1 aliphatic heterocycles. The number of fused-ring (bicyclic) bond motifs is 1. The minimum absolute atomic E-state index is 0.308. The molecule has 2 aromatic heterocycles. The van der Waals surface area contributed by atoms with Gasteiger partial charge in [0.15, 0.2) is 0 Å². The first-order valence-corrected chi connectivity index (χ1v) is 6.97. The molecule has 0 bridgehead atoms. The van der Waals surface area contributed by atoms with Crippen molar-refractivity contribution in [2.45, 2.75) is 25.9 Å². The molecule has 0 saturated carbocycles. The molecule has 3 rings (SSSR count). The molecule has 18 heavy (non-hydrogen) atoms. The summed E-state index contributed by atoms with van der Waals surface area (Å²) in [5.74, 6) is 0.635. The van der Waals surface area contributed by atoms with Gasteiger partial charge in [0.05, 0.1) is 12.6 Å². The van der Waals surface area contributed by atoms with E-state index in [1.54, 1.807) is 0 Å². The Balaban J connectivity index is 1.84. The summed E-state index contributed by atoms with van der Waals surface area (Å²) < 4.78 is 5.67. The SMILES string of the molecule is CNCc1nnc(N2CCc3sccc3C2C)o1. The van der Waals surface area contributed by atoms with Gasteiger partial charge in [0, 0.05) is 11.4 Å². The Morgan fingerprint density at radius 3 is 3.28 bits per heavy atom. The van der Waals surface area contributed by atoms with Gasteiger partial charge < -0.3 is 14.6 Å². The predicted octanol–water partition coefficient (Wildman–Crippen LogP) is 1.97. The van der Waals surface area contributed by atoms with Gasteiger partial charge in [-0.15, -0.1) is 16.4 Å². The molecule has 1 atom stereocenters. The average molecular weight is 264 g/mol. The Bertz CT molecular complexity index is 536. The van der Waals surface area contributed by atoms with Gasteiger partial charge in [-0.2, -0.15) is 0 Å². The first kappa shape index (κ1) is 11.7. The highest BCUT2D eigenvalue weighted by Crippen LogP contribution is 2.35. The number of aromatic nitrogens is 2. The van der Waals surface area contributed by atoms with Crippen LogP contribution in [0.1, 0.15) is 29.3 Å². The molecular formula is C12H16N4OS. The van der Waals surface area contributed by atoms with Gasteiger partial charge in [0.1, 0.15) is 0 Å². The van der Waals surface area contributed by atoms with Gasteiger partial charge in [0.2, 0.25) is 5.89 Å². The van der Waals surface area contributed by atoms with E-state index in [1.807, 2.05) is 18.4 Å². The summed E-state index contributed by atoms with van der Waals surface area (Å²) in [6, 6.07) is 3.13. The third kappa shape index (κ3) is 1.91. The Kier molecular flexibility index (Phi) is 3.05. The third-order valence-electron chi connectivity index (χ3n) is 3.31. The van der Waals surface area contributed by atoms with Crippen LogP contribution < -0.4 is 10.2 Å². The Morgan fingerprint density at radius 2 is 2.44 bits per heavy atom. The fraction of sp³-hybridized carbons (Fsp3) is 0.500. The second-order valence-electron chi connectivity index (χ2n) is 4.43. The van der Waals surface area contributed by atoms with Crippen LogP contribution in [-0.4, -0.2) is 23.8 Å². The molecule has 3 heterocycles. The van der Waals surface area contributed by atoms with Gasteiger partial charge in [-0.3, -0.25) is 0 Å². The van der Waals surface area contributed by atoms with E-state index in [2.05, 4.69) is 38.8 Å². The topological polar surface area (TPSA) is 54.2 Å². The third-order valence-corrected chi connectivity index (χ3v) is 4.30. The molecule has 1 aliphatic rings. The van der Waals surface area contributed by atoms with Crippen molar-refractivity contribution < 1.29 is 4.42 Å². The fourth-order valence-corrected chi connectivity index (χ4v) is 3.32. The molecule has 1 unspecified atom stereocenters. The Labute approximate surface area is 110 Å². The maximum atomic E-state index is 5.67. The fourth-order valence-electron chi connectivity index (χ4n) is 2.35. The predicted molar refractivity (Wildman–Crippen MR) is 70.8 cm³/mol. The van der Waals surface area contributed by atoms with Crippen LogP contribution in [0.3, 0.4) is 0 Å². The number of nitrogens with one attached hydrogen (secondary N) is 1. The van der Waals surface area contributed by atoms with Crippen LogP contribution in [0.15, 0.2) is 15.9 Å². The summed E-state index contributed by atoms with van der Waals surface area (Å²) in [6.45, 7) is 3.74. The summed E-state index contributed by atoms with van der Waals surface area (Å²) in [7, 11) is 1.87. The van der Waals surface area contributed by atoms with Gasteiger partial charge in [-0.05, 0) is 37.4 Å². The van der Waals surface area contributed by atoms with E-state index in [0.29, 0.717) is 24.5 Å². The molecule has 0 saturated heterocycles. The van der Waals surface area contributed by atoms with E-state index in [0.717, 1.165) is 13.0 Å². The Hall–Kier alpha value is -1.40. The highest BCUT2D eigenvalue weighted by Gasteiger charge is 2.28. The summed E-state index contributed by atoms with van der Waals surface area (Å²) in [4.78, 5) is 3.66. The lowest BCUT2D eigenvalue weighted by atomic mass is 10.0. The largest absolute Gasteiger partial charge is 0.407 e. The number of nitrogens with zero attached hydrogens (tertiary/aromatic N) is 3. The maximum Gasteiger partial charge on any atom is 0.318 e. The zero-order chi connectivity index (χ0) is 12.5. The lowest BCUT2D eigenvalue weighted by Crippen LogP contribution is -2.33. The average Bonchev–Trinajstić information content (AvgIpc) is 2.99. The summed E-state index contributed by atoms with van der Waals surface area (Å²) >= 11 is 1.84. The van der Waals surface area contributed by atoms with Crippen LogP contribution in [0, 0.1) is 0 Å². The van der Waals surface area contributed by atoms with Crippen molar-refractivity contribution >= 4 is 17.4 Å². The minimum Gasteiger partial charge on any atom is -0.407 e. The first-order chi connectivity index (χ1) is 8.79. The van der Waals surface area contributed by atoms with Crippen LogP contribution in [0.25, 0.3) is 0 Å². The van der Waals surface area contributed by atoms with E-state index < -0.39 is 0 Å². The van der Waals surface area contributed by atoms with Crippen molar-refractivity contribution in [3.63, 3.8) is 0 Å². The van der Waals surface area contributed by atoms with Gasteiger partial charge in [0.25, 0.3) is 0 Å². The zero-order valence-electron chi connectivity index (χ0n) is 10.5. The minimum atomic E-state index is 0.308. The molecule has 1 N–H and O–H groups in total. The van der Waals surface area contributed by atoms with Crippen molar-refractivity contribution in [1.82, 2.24) is 15.5 Å². The van der Waals surface area contributed by atoms with Crippen molar-refractivity contribution in [3.05, 3.63) is 27.8 Å². The molecule has 6 heteroatoms. The highest BCUT2D eigenvalue weighted by atomic mass is 32.1. The second-order valence-corrected chi connectivity index (χ2v) is 5.43. The molecule has 0 spiro atoms. The van der Waals surface area contributed by atoms with Crippen molar-refractivity contribution in [3.8, 4) is 0 Å². The van der Waals surface area contributed by atoms with Crippen LogP contribution in [-0.2, 0) is 13.0 Å². The summed E-state index contributed by atoms with van der Waals surface area (Å²) in [6.07, 6.45) is 1.06. The maximum absolute atomic E-state index is 5.67. The normalized spacial score (nSPS) is 19.0. The summed E-state index contributed by atoms with van der Waals surface area (Å²) in [5.41, 5.74) is 1.39. The van der Waals surface area contributed by atoms with Gasteiger partial charge in [-0.1, -0.05) is 5.10 Å². The smallest absolute Gasteiger partial charge is 0.318 e. The molecule has 0 amide bonds. The lowest BCUT2D eigenvalue weighted by Gasteiger charge is -2.31. The lowest BCUT2D eigenvalue weighted by molar-refractivity contribution is 0.453. The highest BCUT2D eigenvalue weighted by molar-refractivity contribution is 7.10. The number of anilines is 1. The van der Waals surface area contributed by atoms with Gasteiger partial charge in [-0.25, -0.2) is 0 Å². The standard InChI is InChI=1S/C12H16N4OS/c1-8-9-4-6-18-10(9)3-5-16(8)12-15-14-11(17-12)7-13-2/h4,6,8,13H,3,5,7H2,1-2H3. The number of rotatable bonds is 3. The monoisotopic (exact) mass is 264 g/mol. The molecule has 0 aromatic carbocycles. The van der Waals surface area contributed by atoms with Crippen molar-refractivity contribution in [2.75, 3.05) is 18.5 Å². The second kappa shape index (κ2) is 4.70. The van der Waals surface area contributed by atoms with Crippen LogP contribution in [0.4, 0.5) is 6.01 Å². The van der Waals surface area contributed by atoms with Crippen LogP contribution in [0.2, 0.25) is 0 Å². The molecule has 2 aromatic rings. The number of hydrogen-bond acceptors (Lipinski definition) is 6. The van der Waals surface area contributed by atoms with Crippen molar-refractivity contribution in [2.24, 2.45) is 0 Å². The van der Waals surface area contributed by atoms with E-state index >= 15 is 0 Å². The first-order valence-electron chi connectivity index (χ1n) is 6.09. The van der Waals surface area contributed by atoms with E-state index in [-0.39, 0.29) is 0 Å². The zero-order valence-corrected chi connectivity index (χ0v) is 11.3. The van der Waals surface area contributed by atoms with Crippen LogP contribution in [0.5, 0.6) is 0 Å². The van der Waals surface area contributed by atoms with E-state index in [4.69, 9.17) is 4.42 Å². The molecular weight excluding hydrogens is 248 g/mol. The number of thiophene rings is 1. The summed E-state index contributed by atoms with van der Waals surface area (Å²) in [5, 5.41) is 13.3. The van der Waals surface area contributed by atoms with Gasteiger partial charge >= 0.3 is 6.01 Å². The van der Waals surface area contributed by atoms with E-state index in [1.165, 1.54) is 10.4 Å². The molecule has 96 valence electrons. The van der Waals surface area contributed by atoms with E-state index in [9.17, 15) is 0 Å². The molecule has 0 fully saturated rings. The molecule has 5 nitrogen and oxygen atoms in total. The Morgan fingerprint density at radius 1 is 1.56 bits per heavy atom. The number of hydrogen-bond donors (Lipinski definition) is 1.